The fourth-order valence-electron chi connectivity index (χ4n) is 0.868. The lowest BCUT2D eigenvalue weighted by Gasteiger charge is -2.12. The summed E-state index contributed by atoms with van der Waals surface area (Å²) < 4.78 is 0.738. The summed E-state index contributed by atoms with van der Waals surface area (Å²) in [4.78, 5) is 5.27. The van der Waals surface area contributed by atoms with Crippen molar-refractivity contribution in [3.8, 4) is 0 Å². The predicted octanol–water partition coefficient (Wildman–Crippen LogP) is 2.91. The molecule has 72 valence electrons. The Morgan fingerprint density at radius 2 is 2.08 bits per heavy atom. The monoisotopic (exact) mass is 216 g/mol. The maximum absolute atomic E-state index is 5.80. The molecule has 0 saturated carbocycles. The molecule has 0 atom stereocenters. The molecule has 1 rings (SSSR count). The molecule has 0 bridgehead atoms. The van der Waals surface area contributed by atoms with Gasteiger partial charge in [-0.25, -0.2) is 0 Å². The Morgan fingerprint density at radius 1 is 1.46 bits per heavy atom. The normalized spacial score (nSPS) is 13.4. The molecule has 0 radical (unpaired) electrons. The molecule has 0 spiro atoms. The summed E-state index contributed by atoms with van der Waals surface area (Å²) in [6, 6.07) is 3.71. The Labute approximate surface area is 87.4 Å². The van der Waals surface area contributed by atoms with Gasteiger partial charge in [0.1, 0.15) is 5.84 Å². The second kappa shape index (κ2) is 3.68. The summed E-state index contributed by atoms with van der Waals surface area (Å²) in [5, 5.41) is 0. The Bertz CT molecular complexity index is 323. The van der Waals surface area contributed by atoms with Gasteiger partial charge in [-0.1, -0.05) is 11.6 Å². The van der Waals surface area contributed by atoms with Crippen molar-refractivity contribution in [1.82, 2.24) is 0 Å². The van der Waals surface area contributed by atoms with Crippen LogP contribution in [0.3, 0.4) is 0 Å². The molecule has 0 aromatic carbocycles. The van der Waals surface area contributed by atoms with Crippen LogP contribution in [0, 0.1) is 0 Å². The van der Waals surface area contributed by atoms with Crippen LogP contribution in [0.5, 0.6) is 0 Å². The number of nitrogens with zero attached hydrogens (tertiary/aromatic N) is 1. The van der Waals surface area contributed by atoms with Crippen LogP contribution >= 0.6 is 22.9 Å². The van der Waals surface area contributed by atoms with Gasteiger partial charge < -0.3 is 5.73 Å². The minimum Gasteiger partial charge on any atom is -0.383 e. The second-order valence-electron chi connectivity index (χ2n) is 3.77. The molecule has 0 amide bonds. The van der Waals surface area contributed by atoms with E-state index in [1.807, 2.05) is 32.9 Å². The first-order valence-corrected chi connectivity index (χ1v) is 5.19. The maximum atomic E-state index is 5.80. The van der Waals surface area contributed by atoms with Crippen LogP contribution in [-0.4, -0.2) is 11.4 Å². The van der Waals surface area contributed by atoms with Gasteiger partial charge in [0.15, 0.2) is 0 Å². The first kappa shape index (κ1) is 10.5. The second-order valence-corrected chi connectivity index (χ2v) is 5.49. The molecule has 1 aromatic heterocycles. The molecule has 1 heterocycles. The summed E-state index contributed by atoms with van der Waals surface area (Å²) in [6.07, 6.45) is 0. The zero-order valence-electron chi connectivity index (χ0n) is 7.97. The van der Waals surface area contributed by atoms with E-state index < -0.39 is 0 Å². The largest absolute Gasteiger partial charge is 0.383 e. The molecule has 0 saturated heterocycles. The number of rotatable bonds is 1. The van der Waals surface area contributed by atoms with Crippen molar-refractivity contribution in [3.63, 3.8) is 0 Å². The standard InChI is InChI=1S/C9H13ClN2S/c1-9(2,3)12-8(11)6-4-5-7(10)13-6/h4-5H,1-3H3,(H2,11,12). The lowest BCUT2D eigenvalue weighted by atomic mass is 10.1. The average Bonchev–Trinajstić information content (AvgIpc) is 2.31. The molecule has 4 heteroatoms. The lowest BCUT2D eigenvalue weighted by molar-refractivity contribution is 0.583. The molecule has 1 aromatic rings. The molecule has 0 fully saturated rings. The minimum absolute atomic E-state index is 0.138. The van der Waals surface area contributed by atoms with Gasteiger partial charge in [0.25, 0.3) is 0 Å². The summed E-state index contributed by atoms with van der Waals surface area (Å²) in [6.45, 7) is 6.03. The van der Waals surface area contributed by atoms with Gasteiger partial charge in [0, 0.05) is 0 Å². The maximum Gasteiger partial charge on any atom is 0.136 e. The summed E-state index contributed by atoms with van der Waals surface area (Å²) in [5.41, 5.74) is 5.66. The van der Waals surface area contributed by atoms with Gasteiger partial charge in [-0.05, 0) is 32.9 Å². The zero-order valence-corrected chi connectivity index (χ0v) is 9.54. The van der Waals surface area contributed by atoms with E-state index in [9.17, 15) is 0 Å². The highest BCUT2D eigenvalue weighted by atomic mass is 35.5. The molecule has 0 aliphatic carbocycles. The molecular formula is C9H13ClN2S. The van der Waals surface area contributed by atoms with Crippen LogP contribution < -0.4 is 5.73 Å². The number of amidine groups is 1. The van der Waals surface area contributed by atoms with Gasteiger partial charge in [0.2, 0.25) is 0 Å². The van der Waals surface area contributed by atoms with E-state index in [1.54, 1.807) is 0 Å². The van der Waals surface area contributed by atoms with E-state index in [-0.39, 0.29) is 5.54 Å². The van der Waals surface area contributed by atoms with Crippen molar-refractivity contribution in [2.24, 2.45) is 10.7 Å². The molecule has 2 nitrogen and oxygen atoms in total. The van der Waals surface area contributed by atoms with Crippen molar-refractivity contribution in [2.75, 3.05) is 0 Å². The average molecular weight is 217 g/mol. The van der Waals surface area contributed by atoms with Gasteiger partial charge in [-0.3, -0.25) is 4.99 Å². The Balaban J connectivity index is 2.91. The fraction of sp³-hybridized carbons (Fsp3) is 0.444. The third kappa shape index (κ3) is 3.36. The fourth-order valence-corrected chi connectivity index (χ4v) is 1.81. The van der Waals surface area contributed by atoms with Crippen LogP contribution in [0.25, 0.3) is 0 Å². The third-order valence-electron chi connectivity index (χ3n) is 1.28. The smallest absolute Gasteiger partial charge is 0.136 e. The van der Waals surface area contributed by atoms with Crippen molar-refractivity contribution in [2.45, 2.75) is 26.3 Å². The Hall–Kier alpha value is -0.540. The highest BCUT2D eigenvalue weighted by Crippen LogP contribution is 2.21. The Kier molecular flexibility index (Phi) is 2.98. The number of hydrogen-bond acceptors (Lipinski definition) is 2. The van der Waals surface area contributed by atoms with Crippen molar-refractivity contribution < 1.29 is 0 Å². The van der Waals surface area contributed by atoms with Crippen LogP contribution in [0.4, 0.5) is 0 Å². The van der Waals surface area contributed by atoms with Crippen molar-refractivity contribution in [1.29, 1.82) is 0 Å². The zero-order chi connectivity index (χ0) is 10.1. The number of nitrogens with two attached hydrogens (primary N) is 1. The topological polar surface area (TPSA) is 38.4 Å². The first-order valence-electron chi connectivity index (χ1n) is 3.99. The minimum atomic E-state index is -0.138. The van der Waals surface area contributed by atoms with E-state index in [4.69, 9.17) is 17.3 Å². The number of aliphatic imine (C=N–C) groups is 1. The quantitative estimate of drug-likeness (QED) is 0.569. The van der Waals surface area contributed by atoms with Gasteiger partial charge in [0.05, 0.1) is 14.8 Å². The highest BCUT2D eigenvalue weighted by molar-refractivity contribution is 7.18. The molecule has 13 heavy (non-hydrogen) atoms. The van der Waals surface area contributed by atoms with Gasteiger partial charge >= 0.3 is 0 Å². The van der Waals surface area contributed by atoms with E-state index in [2.05, 4.69) is 4.99 Å². The predicted molar refractivity (Wildman–Crippen MR) is 59.8 cm³/mol. The van der Waals surface area contributed by atoms with Crippen LogP contribution in [0.2, 0.25) is 4.34 Å². The third-order valence-corrected chi connectivity index (χ3v) is 2.54. The lowest BCUT2D eigenvalue weighted by Crippen LogP contribution is -2.20. The van der Waals surface area contributed by atoms with E-state index in [0.717, 1.165) is 9.21 Å². The van der Waals surface area contributed by atoms with Gasteiger partial charge in [-0.15, -0.1) is 11.3 Å². The van der Waals surface area contributed by atoms with Crippen molar-refractivity contribution >= 4 is 28.8 Å². The molecule has 0 unspecified atom stereocenters. The van der Waals surface area contributed by atoms with E-state index in [0.29, 0.717) is 5.84 Å². The van der Waals surface area contributed by atoms with Crippen LogP contribution in [0.1, 0.15) is 25.6 Å². The summed E-state index contributed by atoms with van der Waals surface area (Å²) in [5.74, 6) is 0.560. The number of halogens is 1. The molecular weight excluding hydrogens is 204 g/mol. The first-order chi connectivity index (χ1) is 5.88. The number of thiophene rings is 1. The number of hydrogen-bond donors (Lipinski definition) is 1. The van der Waals surface area contributed by atoms with Gasteiger partial charge in [-0.2, -0.15) is 0 Å². The van der Waals surface area contributed by atoms with E-state index >= 15 is 0 Å². The summed E-state index contributed by atoms with van der Waals surface area (Å²) >= 11 is 7.23. The highest BCUT2D eigenvalue weighted by Gasteiger charge is 2.10. The Morgan fingerprint density at radius 3 is 2.46 bits per heavy atom. The summed E-state index contributed by atoms with van der Waals surface area (Å²) in [7, 11) is 0. The molecule has 0 aliphatic heterocycles. The SMILES string of the molecule is CC(C)(C)N=C(N)c1ccc(Cl)s1. The van der Waals surface area contributed by atoms with Crippen LogP contribution in [-0.2, 0) is 0 Å². The molecule has 2 N–H and O–H groups in total. The van der Waals surface area contributed by atoms with Crippen molar-refractivity contribution in [3.05, 3.63) is 21.3 Å². The van der Waals surface area contributed by atoms with E-state index in [1.165, 1.54) is 11.3 Å². The molecule has 0 aliphatic rings. The van der Waals surface area contributed by atoms with Crippen LogP contribution in [0.15, 0.2) is 17.1 Å².